The first-order chi connectivity index (χ1) is 21.3. The van der Waals surface area contributed by atoms with E-state index in [4.69, 9.17) is 4.42 Å². The third-order valence-electron chi connectivity index (χ3n) is 7.86. The minimum Gasteiger partial charge on any atom is 0 e. The molecule has 1 radical (unpaired) electrons. The van der Waals surface area contributed by atoms with Crippen LogP contribution in [0.4, 0.5) is 0 Å². The zero-order chi connectivity index (χ0) is 30.7. The Kier molecular flexibility index (Phi) is 10.2. The summed E-state index contributed by atoms with van der Waals surface area (Å²) in [6.45, 7) is 4.39. The van der Waals surface area contributed by atoms with Crippen LogP contribution in [0.5, 0.6) is 0 Å². The summed E-state index contributed by atoms with van der Waals surface area (Å²) in [5.41, 5.74) is 9.16. The summed E-state index contributed by atoms with van der Waals surface area (Å²) in [5.74, 6) is 7.58. The number of nitrogens with zero attached hydrogens (tertiary/aromatic N) is 2. The van der Waals surface area contributed by atoms with Gasteiger partial charge >= 0.3 is 99.8 Å². The number of hydrogen-bond donors (Lipinski definition) is 0. The number of aromatic nitrogens is 2. The second kappa shape index (κ2) is 14.1. The quantitative estimate of drug-likeness (QED) is 0.128. The molecule has 3 heterocycles. The largest absolute Gasteiger partial charge is 0 e. The van der Waals surface area contributed by atoms with Crippen molar-refractivity contribution in [2.75, 3.05) is 0 Å². The molecule has 0 saturated heterocycles. The van der Waals surface area contributed by atoms with Gasteiger partial charge in [0.1, 0.15) is 5.58 Å². The van der Waals surface area contributed by atoms with E-state index in [0.717, 1.165) is 55.6 Å². The van der Waals surface area contributed by atoms with Gasteiger partial charge in [-0.3, -0.25) is 0 Å². The molecule has 0 aliphatic carbocycles. The molecule has 0 aliphatic rings. The second-order valence-electron chi connectivity index (χ2n) is 12.3. The number of hydrogen-bond acceptors (Lipinski definition) is 3. The topological polar surface area (TPSA) is 38.9 Å². The maximum Gasteiger partial charge on any atom is 0 e. The van der Waals surface area contributed by atoms with Crippen molar-refractivity contribution in [1.29, 1.82) is 0 Å². The molecule has 0 unspecified atom stereocenters. The molecule has 0 saturated carbocycles. The Morgan fingerprint density at radius 2 is 1.51 bits per heavy atom. The number of pyridine rings is 2. The first-order valence-electron chi connectivity index (χ1n) is 15.1. The third kappa shape index (κ3) is 7.20. The van der Waals surface area contributed by atoms with Gasteiger partial charge in [-0.2, -0.15) is 0 Å². The Morgan fingerprint density at radius 1 is 0.756 bits per heavy atom. The van der Waals surface area contributed by atoms with Crippen LogP contribution in [0.15, 0.2) is 126 Å². The number of para-hydroxylation sites is 1. The van der Waals surface area contributed by atoms with Crippen LogP contribution in [0, 0.1) is 12.1 Å². The molecular weight excluding hydrogens is 789 g/mol. The van der Waals surface area contributed by atoms with Crippen LogP contribution in [0.3, 0.4) is 0 Å². The SMILES string of the molecule is CC(C)c1ccnc(-c2[c-]cc(-c3ccccc3)c3c2oc2ccccc23)c1.[CH3][Ge]([CH3])([CH3])[c]1ccc(-c2[c-]cccc2)nc1.[Ir]. The maximum absolute atomic E-state index is 6.33. The maximum atomic E-state index is 6.33. The van der Waals surface area contributed by atoms with E-state index in [0.29, 0.717) is 5.92 Å². The average molecular weight is 826 g/mol. The van der Waals surface area contributed by atoms with Gasteiger partial charge in [-0.05, 0) is 29.1 Å². The Morgan fingerprint density at radius 3 is 2.20 bits per heavy atom. The van der Waals surface area contributed by atoms with Gasteiger partial charge in [-0.1, -0.05) is 90.7 Å². The summed E-state index contributed by atoms with van der Waals surface area (Å²) in [7, 11) is 0. The van der Waals surface area contributed by atoms with Crippen LogP contribution >= 0.6 is 0 Å². The molecular formula is C40H36GeIrN2O-2. The van der Waals surface area contributed by atoms with E-state index in [-0.39, 0.29) is 20.1 Å². The normalized spacial score (nSPS) is 11.2. The van der Waals surface area contributed by atoms with Crippen molar-refractivity contribution in [1.82, 2.24) is 9.97 Å². The number of benzene rings is 4. The molecule has 4 aromatic carbocycles. The Labute approximate surface area is 282 Å². The summed E-state index contributed by atoms with van der Waals surface area (Å²) in [5, 5.41) is 2.24. The molecule has 0 N–H and O–H groups in total. The molecule has 0 amide bonds. The van der Waals surface area contributed by atoms with Crippen LogP contribution in [0.25, 0.3) is 55.6 Å². The number of fused-ring (bicyclic) bond motifs is 3. The molecule has 0 bridgehead atoms. The van der Waals surface area contributed by atoms with E-state index in [2.05, 4.69) is 120 Å². The van der Waals surface area contributed by atoms with Crippen molar-refractivity contribution in [3.63, 3.8) is 0 Å². The fraction of sp³-hybridized carbons (Fsp3) is 0.150. The van der Waals surface area contributed by atoms with Crippen molar-refractivity contribution < 1.29 is 24.5 Å². The Hall–Kier alpha value is -3.83. The monoisotopic (exact) mass is 827 g/mol. The molecule has 5 heteroatoms. The minimum absolute atomic E-state index is 0. The van der Waals surface area contributed by atoms with Crippen LogP contribution in [-0.2, 0) is 20.1 Å². The van der Waals surface area contributed by atoms with Gasteiger partial charge in [-0.25, -0.2) is 0 Å². The molecule has 0 aliphatic heterocycles. The van der Waals surface area contributed by atoms with Gasteiger partial charge in [0.05, 0.1) is 5.58 Å². The Balaban J connectivity index is 0.000000202. The molecule has 0 atom stereocenters. The van der Waals surface area contributed by atoms with E-state index < -0.39 is 13.3 Å². The van der Waals surface area contributed by atoms with Gasteiger partial charge in [-0.15, -0.1) is 12.1 Å². The fourth-order valence-electron chi connectivity index (χ4n) is 5.30. The van der Waals surface area contributed by atoms with E-state index in [1.807, 2.05) is 54.9 Å². The molecule has 3 nitrogen and oxygen atoms in total. The third-order valence-corrected chi connectivity index (χ3v) is 12.1. The summed E-state index contributed by atoms with van der Waals surface area (Å²) in [6.07, 6.45) is 3.91. The van der Waals surface area contributed by atoms with Gasteiger partial charge in [0.15, 0.2) is 0 Å². The number of rotatable bonds is 5. The van der Waals surface area contributed by atoms with Crippen LogP contribution in [-0.4, -0.2) is 23.2 Å². The standard InChI is InChI=1S/C26H20NO.C14H16GeN.Ir/c1-17(2)19-14-15-27-23(16-19)21-13-12-20(18-8-4-3-5-9-18)25-22-10-6-7-11-24(22)28-26(21)25;1-15(2,3)13-9-10-14(16-11-13)12-7-5-4-6-8-12;/h3-12,14-17H,1-2H3;4-7,9-11H,1-3H3;/q2*-1;. The molecule has 3 aromatic heterocycles. The zero-order valence-electron chi connectivity index (χ0n) is 26.3. The molecule has 0 spiro atoms. The van der Waals surface area contributed by atoms with E-state index in [1.54, 1.807) is 0 Å². The fourth-order valence-corrected chi connectivity index (χ4v) is 7.47. The molecule has 0 fully saturated rings. The summed E-state index contributed by atoms with van der Waals surface area (Å²) >= 11 is -1.72. The molecule has 227 valence electrons. The van der Waals surface area contributed by atoms with Gasteiger partial charge in [0.25, 0.3) is 0 Å². The predicted molar refractivity (Wildman–Crippen MR) is 187 cm³/mol. The number of furan rings is 1. The molecule has 7 aromatic rings. The van der Waals surface area contributed by atoms with Gasteiger partial charge in [0.2, 0.25) is 0 Å². The van der Waals surface area contributed by atoms with Gasteiger partial charge < -0.3 is 9.40 Å². The molecule has 7 rings (SSSR count). The van der Waals surface area contributed by atoms with Crippen LogP contribution in [0.2, 0.25) is 17.3 Å². The summed E-state index contributed by atoms with van der Waals surface area (Å²) in [6, 6.07) is 43.8. The second-order valence-corrected chi connectivity index (χ2v) is 23.0. The van der Waals surface area contributed by atoms with E-state index in [9.17, 15) is 0 Å². The summed E-state index contributed by atoms with van der Waals surface area (Å²) in [4.78, 5) is 9.15. The van der Waals surface area contributed by atoms with Crippen molar-refractivity contribution in [2.45, 2.75) is 37.0 Å². The smallest absolute Gasteiger partial charge is 0 e. The van der Waals surface area contributed by atoms with E-state index >= 15 is 0 Å². The zero-order valence-corrected chi connectivity index (χ0v) is 30.8. The molecule has 45 heavy (non-hydrogen) atoms. The van der Waals surface area contributed by atoms with Crippen LogP contribution < -0.4 is 4.40 Å². The van der Waals surface area contributed by atoms with Crippen molar-refractivity contribution >= 4 is 39.6 Å². The first kappa shape index (κ1) is 32.6. The van der Waals surface area contributed by atoms with Crippen molar-refractivity contribution in [3.8, 4) is 33.6 Å². The van der Waals surface area contributed by atoms with Crippen molar-refractivity contribution in [3.05, 3.63) is 139 Å². The van der Waals surface area contributed by atoms with E-state index in [1.165, 1.54) is 9.96 Å². The average Bonchev–Trinajstić information content (AvgIpc) is 3.45. The van der Waals surface area contributed by atoms with Gasteiger partial charge in [0, 0.05) is 31.7 Å². The summed E-state index contributed by atoms with van der Waals surface area (Å²) < 4.78 is 7.77. The predicted octanol–water partition coefficient (Wildman–Crippen LogP) is 10.3. The Bertz CT molecular complexity index is 2010. The first-order valence-corrected chi connectivity index (χ1v) is 22.4. The van der Waals surface area contributed by atoms with Crippen molar-refractivity contribution in [2.24, 2.45) is 0 Å². The van der Waals surface area contributed by atoms with Crippen LogP contribution in [0.1, 0.15) is 25.3 Å². The minimum atomic E-state index is -1.72.